The van der Waals surface area contributed by atoms with Gasteiger partial charge in [0.15, 0.2) is 6.29 Å². The molecule has 0 aliphatic rings. The minimum atomic E-state index is -0.574. The first-order chi connectivity index (χ1) is 9.40. The summed E-state index contributed by atoms with van der Waals surface area (Å²) in [5.74, 6) is 0. The quantitative estimate of drug-likeness (QED) is 0.781. The lowest BCUT2D eigenvalue weighted by Crippen LogP contribution is -2.26. The lowest BCUT2D eigenvalue weighted by Gasteiger charge is -2.19. The highest BCUT2D eigenvalue weighted by Gasteiger charge is 2.19. The Kier molecular flexibility index (Phi) is 3.74. The fourth-order valence-electron chi connectivity index (χ4n) is 1.84. The number of benzene rings is 1. The van der Waals surface area contributed by atoms with Crippen LogP contribution in [0.2, 0.25) is 0 Å². The molecule has 0 fully saturated rings. The van der Waals surface area contributed by atoms with Gasteiger partial charge in [0, 0.05) is 23.5 Å². The number of ether oxygens (including phenoxy) is 1. The van der Waals surface area contributed by atoms with Crippen molar-refractivity contribution in [3.8, 4) is 11.1 Å². The van der Waals surface area contributed by atoms with Gasteiger partial charge < -0.3 is 4.74 Å². The van der Waals surface area contributed by atoms with Crippen molar-refractivity contribution in [3.63, 3.8) is 0 Å². The van der Waals surface area contributed by atoms with Gasteiger partial charge in [-0.25, -0.2) is 4.79 Å². The molecule has 4 nitrogen and oxygen atoms in total. The average molecular weight is 271 g/mol. The first-order valence-corrected chi connectivity index (χ1v) is 6.36. The smallest absolute Gasteiger partial charge is 0.418 e. The third kappa shape index (κ3) is 3.15. The summed E-state index contributed by atoms with van der Waals surface area (Å²) in [6.07, 6.45) is 3.35. The largest absolute Gasteiger partial charge is 0.443 e. The van der Waals surface area contributed by atoms with Crippen molar-refractivity contribution in [3.05, 3.63) is 48.3 Å². The Balaban J connectivity index is 2.37. The summed E-state index contributed by atoms with van der Waals surface area (Å²) >= 11 is 0. The van der Waals surface area contributed by atoms with Crippen LogP contribution in [0.5, 0.6) is 0 Å². The van der Waals surface area contributed by atoms with E-state index < -0.39 is 11.7 Å². The molecule has 4 heteroatoms. The molecule has 0 spiro atoms. The van der Waals surface area contributed by atoms with Gasteiger partial charge in [-0.3, -0.25) is 9.36 Å². The van der Waals surface area contributed by atoms with E-state index in [0.717, 1.165) is 11.8 Å². The zero-order valence-corrected chi connectivity index (χ0v) is 11.8. The summed E-state index contributed by atoms with van der Waals surface area (Å²) in [5, 5.41) is 0. The van der Waals surface area contributed by atoms with Crippen LogP contribution in [0.3, 0.4) is 0 Å². The maximum atomic E-state index is 12.0. The van der Waals surface area contributed by atoms with E-state index in [1.54, 1.807) is 27.0 Å². The number of aldehydes is 1. The van der Waals surface area contributed by atoms with Crippen molar-refractivity contribution in [1.29, 1.82) is 0 Å². The second kappa shape index (κ2) is 5.33. The molecule has 0 atom stereocenters. The van der Waals surface area contributed by atoms with Crippen LogP contribution in [0, 0.1) is 0 Å². The zero-order chi connectivity index (χ0) is 14.8. The fraction of sp³-hybridized carbons (Fsp3) is 0.250. The van der Waals surface area contributed by atoms with E-state index in [9.17, 15) is 9.59 Å². The predicted octanol–water partition coefficient (Wildman–Crippen LogP) is 3.75. The van der Waals surface area contributed by atoms with Crippen LogP contribution in [0.25, 0.3) is 11.1 Å². The van der Waals surface area contributed by atoms with E-state index in [1.807, 2.05) is 30.3 Å². The van der Waals surface area contributed by atoms with Gasteiger partial charge >= 0.3 is 6.09 Å². The number of aromatic nitrogens is 1. The van der Waals surface area contributed by atoms with Crippen molar-refractivity contribution in [2.24, 2.45) is 0 Å². The second-order valence-electron chi connectivity index (χ2n) is 5.50. The number of rotatable bonds is 2. The van der Waals surface area contributed by atoms with Gasteiger partial charge in [-0.1, -0.05) is 30.3 Å². The van der Waals surface area contributed by atoms with Crippen LogP contribution in [-0.4, -0.2) is 22.5 Å². The van der Waals surface area contributed by atoms with E-state index >= 15 is 0 Å². The SMILES string of the molecule is CC(C)(C)OC(=O)n1cc(C=O)c(-c2ccccc2)c1. The third-order valence-corrected chi connectivity index (χ3v) is 2.67. The fourth-order valence-corrected chi connectivity index (χ4v) is 1.84. The molecule has 0 bridgehead atoms. The Morgan fingerprint density at radius 1 is 1.15 bits per heavy atom. The molecule has 20 heavy (non-hydrogen) atoms. The normalized spacial score (nSPS) is 11.2. The molecule has 1 aromatic heterocycles. The van der Waals surface area contributed by atoms with Crippen molar-refractivity contribution >= 4 is 12.4 Å². The van der Waals surface area contributed by atoms with Gasteiger partial charge in [0.1, 0.15) is 5.60 Å². The number of carbonyl (C=O) groups excluding carboxylic acids is 2. The van der Waals surface area contributed by atoms with Gasteiger partial charge in [0.2, 0.25) is 0 Å². The molecular formula is C16H17NO3. The van der Waals surface area contributed by atoms with E-state index in [1.165, 1.54) is 10.8 Å². The Morgan fingerprint density at radius 3 is 2.35 bits per heavy atom. The van der Waals surface area contributed by atoms with Crippen LogP contribution >= 0.6 is 0 Å². The molecule has 0 N–H and O–H groups in total. The van der Waals surface area contributed by atoms with E-state index in [0.29, 0.717) is 11.1 Å². The van der Waals surface area contributed by atoms with Crippen molar-refractivity contribution in [2.75, 3.05) is 0 Å². The van der Waals surface area contributed by atoms with Crippen LogP contribution in [0.1, 0.15) is 31.1 Å². The summed E-state index contributed by atoms with van der Waals surface area (Å²) in [7, 11) is 0. The molecule has 1 aromatic carbocycles. The monoisotopic (exact) mass is 271 g/mol. The van der Waals surface area contributed by atoms with Crippen molar-refractivity contribution in [1.82, 2.24) is 4.57 Å². The molecule has 0 aliphatic carbocycles. The topological polar surface area (TPSA) is 48.3 Å². The van der Waals surface area contributed by atoms with E-state index in [-0.39, 0.29) is 0 Å². The summed E-state index contributed by atoms with van der Waals surface area (Å²) in [6.45, 7) is 5.40. The van der Waals surface area contributed by atoms with Gasteiger partial charge in [-0.15, -0.1) is 0 Å². The number of hydrogen-bond acceptors (Lipinski definition) is 3. The molecule has 0 unspecified atom stereocenters. The maximum Gasteiger partial charge on any atom is 0.418 e. The summed E-state index contributed by atoms with van der Waals surface area (Å²) in [6, 6.07) is 9.45. The molecule has 0 amide bonds. The summed E-state index contributed by atoms with van der Waals surface area (Å²) < 4.78 is 6.58. The molecule has 0 saturated heterocycles. The lowest BCUT2D eigenvalue weighted by molar-refractivity contribution is 0.0537. The summed E-state index contributed by atoms with van der Waals surface area (Å²) in [5.41, 5.74) is 1.49. The highest BCUT2D eigenvalue weighted by Crippen LogP contribution is 2.24. The highest BCUT2D eigenvalue weighted by atomic mass is 16.6. The minimum Gasteiger partial charge on any atom is -0.443 e. The zero-order valence-electron chi connectivity index (χ0n) is 11.8. The van der Waals surface area contributed by atoms with Crippen molar-refractivity contribution in [2.45, 2.75) is 26.4 Å². The Morgan fingerprint density at radius 2 is 1.80 bits per heavy atom. The molecular weight excluding hydrogens is 254 g/mol. The molecule has 1 heterocycles. The van der Waals surface area contributed by atoms with Gasteiger partial charge in [-0.05, 0) is 26.3 Å². The van der Waals surface area contributed by atoms with Crippen LogP contribution in [0.15, 0.2) is 42.7 Å². The Bertz CT molecular complexity index is 621. The standard InChI is InChI=1S/C16H17NO3/c1-16(2,3)20-15(19)17-9-13(11-18)14(10-17)12-7-5-4-6-8-12/h4-11H,1-3H3. The maximum absolute atomic E-state index is 12.0. The minimum absolute atomic E-state index is 0.460. The van der Waals surface area contributed by atoms with Crippen LogP contribution < -0.4 is 0 Å². The second-order valence-corrected chi connectivity index (χ2v) is 5.50. The third-order valence-electron chi connectivity index (χ3n) is 2.67. The number of carbonyl (C=O) groups is 2. The van der Waals surface area contributed by atoms with Gasteiger partial charge in [0.25, 0.3) is 0 Å². The molecule has 2 rings (SSSR count). The predicted molar refractivity (Wildman–Crippen MR) is 76.9 cm³/mol. The summed E-state index contributed by atoms with van der Waals surface area (Å²) in [4.78, 5) is 23.2. The number of hydrogen-bond donors (Lipinski definition) is 0. The molecule has 2 aromatic rings. The molecule has 104 valence electrons. The van der Waals surface area contributed by atoms with Crippen LogP contribution in [0.4, 0.5) is 4.79 Å². The number of nitrogens with zero attached hydrogens (tertiary/aromatic N) is 1. The van der Waals surface area contributed by atoms with E-state index in [4.69, 9.17) is 4.74 Å². The Labute approximate surface area is 118 Å². The van der Waals surface area contributed by atoms with Gasteiger partial charge in [0.05, 0.1) is 0 Å². The average Bonchev–Trinajstić information content (AvgIpc) is 2.82. The Hall–Kier alpha value is -2.36. The van der Waals surface area contributed by atoms with Gasteiger partial charge in [-0.2, -0.15) is 0 Å². The molecule has 0 saturated carbocycles. The highest BCUT2D eigenvalue weighted by molar-refractivity contribution is 5.89. The van der Waals surface area contributed by atoms with Crippen molar-refractivity contribution < 1.29 is 14.3 Å². The van der Waals surface area contributed by atoms with Crippen LogP contribution in [-0.2, 0) is 4.74 Å². The van der Waals surface area contributed by atoms with E-state index in [2.05, 4.69) is 0 Å². The first kappa shape index (κ1) is 14.1. The first-order valence-electron chi connectivity index (χ1n) is 6.36. The molecule has 0 radical (unpaired) electrons. The molecule has 0 aliphatic heterocycles. The lowest BCUT2D eigenvalue weighted by atomic mass is 10.1.